The summed E-state index contributed by atoms with van der Waals surface area (Å²) in [5.41, 5.74) is 4.59. The van der Waals surface area contributed by atoms with Crippen LogP contribution in [0.2, 0.25) is 5.02 Å². The van der Waals surface area contributed by atoms with Crippen LogP contribution >= 0.6 is 38.9 Å². The highest BCUT2D eigenvalue weighted by Crippen LogP contribution is 2.34. The number of benzene rings is 3. The monoisotopic (exact) mass is 633 g/mol. The van der Waals surface area contributed by atoms with Gasteiger partial charge in [-0.2, -0.15) is 0 Å². The van der Waals surface area contributed by atoms with Gasteiger partial charge >= 0.3 is 0 Å². The fraction of sp³-hybridized carbons (Fsp3) is 0.200. The number of halogens is 2. The van der Waals surface area contributed by atoms with E-state index in [1.54, 1.807) is 18.4 Å². The highest BCUT2D eigenvalue weighted by Gasteiger charge is 2.30. The molecule has 1 aliphatic rings. The minimum Gasteiger partial charge on any atom is -0.497 e. The molecule has 0 bridgehead atoms. The number of aromatic nitrogens is 3. The summed E-state index contributed by atoms with van der Waals surface area (Å²) in [7, 11) is 1.64. The number of fused-ring (bicyclic) bond motifs is 4. The SMILES string of the molecule is COc1ccc2c(c1)C(c1ccc(Cl)cc1)=N[C@@H](CC(=O)NCCc1csc3ccc(Br)cc13)c1nnc(C)n1-2. The molecule has 1 atom stereocenters. The first-order chi connectivity index (χ1) is 19.4. The lowest BCUT2D eigenvalue weighted by Crippen LogP contribution is -2.27. The van der Waals surface area contributed by atoms with Gasteiger partial charge in [-0.05, 0) is 78.2 Å². The number of aryl methyl sites for hydroxylation is 1. The molecule has 5 aromatic rings. The Labute approximate surface area is 249 Å². The molecule has 0 unspecified atom stereocenters. The van der Waals surface area contributed by atoms with Crippen molar-refractivity contribution in [2.45, 2.75) is 25.8 Å². The van der Waals surface area contributed by atoms with Crippen LogP contribution < -0.4 is 10.1 Å². The standard InChI is InChI=1S/C30H25BrClN5O2S/c1-17-35-36-30-25(15-28(38)33-12-11-19-16-40-27-10-5-20(31)13-23(19)27)34-29(18-3-6-21(32)7-4-18)24-14-22(39-2)8-9-26(24)37(17)30/h3-10,13-14,16,25H,11-12,15H2,1-2H3,(H,33,38)/t25-/m0/s1. The smallest absolute Gasteiger partial charge is 0.222 e. The molecule has 10 heteroatoms. The van der Waals surface area contributed by atoms with E-state index in [2.05, 4.69) is 49.0 Å². The molecule has 0 saturated heterocycles. The minimum absolute atomic E-state index is 0.0966. The number of methoxy groups -OCH3 is 1. The normalized spacial score (nSPS) is 14.3. The number of hydrogen-bond donors (Lipinski definition) is 1. The van der Waals surface area contributed by atoms with Crippen molar-refractivity contribution in [3.63, 3.8) is 0 Å². The third-order valence-corrected chi connectivity index (χ3v) is 8.72. The van der Waals surface area contributed by atoms with Gasteiger partial charge in [0.1, 0.15) is 17.6 Å². The van der Waals surface area contributed by atoms with Crippen molar-refractivity contribution in [2.75, 3.05) is 13.7 Å². The summed E-state index contributed by atoms with van der Waals surface area (Å²) in [4.78, 5) is 18.4. The molecular weight excluding hydrogens is 610 g/mol. The Morgan fingerprint density at radius 2 is 1.95 bits per heavy atom. The number of carbonyl (C=O) groups excluding carboxylic acids is 1. The average Bonchev–Trinajstić information content (AvgIpc) is 3.50. The summed E-state index contributed by atoms with van der Waals surface area (Å²) in [6.45, 7) is 2.43. The van der Waals surface area contributed by atoms with Gasteiger partial charge in [-0.25, -0.2) is 0 Å². The van der Waals surface area contributed by atoms with Gasteiger partial charge in [-0.3, -0.25) is 14.4 Å². The Morgan fingerprint density at radius 1 is 1.12 bits per heavy atom. The summed E-state index contributed by atoms with van der Waals surface area (Å²) in [6, 6.07) is 19.1. The maximum atomic E-state index is 13.3. The van der Waals surface area contributed by atoms with Crippen molar-refractivity contribution < 1.29 is 9.53 Å². The molecule has 7 nitrogen and oxygen atoms in total. The number of thiophene rings is 1. The first-order valence-corrected chi connectivity index (χ1v) is 14.8. The van der Waals surface area contributed by atoms with Gasteiger partial charge in [-0.1, -0.05) is 39.7 Å². The molecule has 0 saturated carbocycles. The molecule has 1 N–H and O–H groups in total. The van der Waals surface area contributed by atoms with E-state index in [0.29, 0.717) is 23.1 Å². The van der Waals surface area contributed by atoms with Crippen molar-refractivity contribution in [1.82, 2.24) is 20.1 Å². The number of ether oxygens (including phenoxy) is 1. The fourth-order valence-corrected chi connectivity index (χ4v) is 6.47. The molecule has 2 aromatic heterocycles. The number of rotatable bonds is 7. The highest BCUT2D eigenvalue weighted by molar-refractivity contribution is 9.10. The summed E-state index contributed by atoms with van der Waals surface area (Å²) < 4.78 is 9.80. The van der Waals surface area contributed by atoms with Crippen molar-refractivity contribution >= 4 is 60.6 Å². The zero-order valence-electron chi connectivity index (χ0n) is 21.8. The Hall–Kier alpha value is -3.53. The molecular formula is C30H25BrClN5O2S. The van der Waals surface area contributed by atoms with Crippen LogP contribution in [0.25, 0.3) is 15.8 Å². The second-order valence-corrected chi connectivity index (χ2v) is 11.8. The van der Waals surface area contributed by atoms with Crippen molar-refractivity contribution in [2.24, 2.45) is 4.99 Å². The van der Waals surface area contributed by atoms with Gasteiger partial charge in [0.05, 0.1) is 24.9 Å². The average molecular weight is 635 g/mol. The van der Waals surface area contributed by atoms with E-state index in [-0.39, 0.29) is 12.3 Å². The molecule has 6 rings (SSSR count). The Bertz CT molecular complexity index is 1760. The maximum Gasteiger partial charge on any atom is 0.222 e. The second kappa shape index (κ2) is 11.2. The van der Waals surface area contributed by atoms with E-state index in [4.69, 9.17) is 21.3 Å². The van der Waals surface area contributed by atoms with Crippen LogP contribution in [0.15, 0.2) is 75.5 Å². The largest absolute Gasteiger partial charge is 0.497 e. The summed E-state index contributed by atoms with van der Waals surface area (Å²) in [6.07, 6.45) is 0.878. The molecule has 202 valence electrons. The van der Waals surface area contributed by atoms with Crippen LogP contribution in [0.5, 0.6) is 5.75 Å². The van der Waals surface area contributed by atoms with Crippen LogP contribution in [0.4, 0.5) is 0 Å². The first kappa shape index (κ1) is 26.7. The molecule has 0 aliphatic carbocycles. The Balaban J connectivity index is 1.30. The minimum atomic E-state index is -0.539. The Morgan fingerprint density at radius 3 is 2.75 bits per heavy atom. The van der Waals surface area contributed by atoms with Crippen LogP contribution in [0, 0.1) is 6.92 Å². The topological polar surface area (TPSA) is 81.4 Å². The number of aliphatic imine (C=N–C) groups is 1. The van der Waals surface area contributed by atoms with Crippen molar-refractivity contribution in [3.8, 4) is 11.4 Å². The predicted octanol–water partition coefficient (Wildman–Crippen LogP) is 6.86. The number of hydrogen-bond acceptors (Lipinski definition) is 6. The van der Waals surface area contributed by atoms with Gasteiger partial charge in [0.2, 0.25) is 5.91 Å². The molecule has 3 aromatic carbocycles. The zero-order valence-corrected chi connectivity index (χ0v) is 25.0. The lowest BCUT2D eigenvalue weighted by molar-refractivity contribution is -0.121. The fourth-order valence-electron chi connectivity index (χ4n) is 5.01. The van der Waals surface area contributed by atoms with Gasteiger partial charge in [0, 0.05) is 31.9 Å². The third kappa shape index (κ3) is 5.16. The first-order valence-electron chi connectivity index (χ1n) is 12.8. The number of carbonyl (C=O) groups is 1. The van der Waals surface area contributed by atoms with E-state index >= 15 is 0 Å². The van der Waals surface area contributed by atoms with E-state index in [0.717, 1.165) is 39.2 Å². The van der Waals surface area contributed by atoms with E-state index in [1.165, 1.54) is 15.6 Å². The lowest BCUT2D eigenvalue weighted by atomic mass is 10.00. The number of nitrogens with one attached hydrogen (secondary N) is 1. The molecule has 0 fully saturated rings. The van der Waals surface area contributed by atoms with Crippen molar-refractivity contribution in [1.29, 1.82) is 0 Å². The third-order valence-electron chi connectivity index (χ3n) is 6.96. The van der Waals surface area contributed by atoms with Gasteiger partial charge in [-0.15, -0.1) is 21.5 Å². The maximum absolute atomic E-state index is 13.3. The predicted molar refractivity (Wildman–Crippen MR) is 163 cm³/mol. The molecule has 0 spiro atoms. The van der Waals surface area contributed by atoms with Crippen LogP contribution in [0.3, 0.4) is 0 Å². The highest BCUT2D eigenvalue weighted by atomic mass is 79.9. The summed E-state index contributed by atoms with van der Waals surface area (Å²) in [5, 5.41) is 15.9. The molecule has 40 heavy (non-hydrogen) atoms. The number of nitrogens with zero attached hydrogens (tertiary/aromatic N) is 4. The van der Waals surface area contributed by atoms with Crippen LogP contribution in [-0.4, -0.2) is 40.0 Å². The lowest BCUT2D eigenvalue weighted by Gasteiger charge is -2.14. The van der Waals surface area contributed by atoms with Crippen LogP contribution in [0.1, 0.15) is 40.8 Å². The Kier molecular flexibility index (Phi) is 7.44. The van der Waals surface area contributed by atoms with Gasteiger partial charge in [0.25, 0.3) is 0 Å². The summed E-state index contributed by atoms with van der Waals surface area (Å²) >= 11 is 11.5. The van der Waals surface area contributed by atoms with Gasteiger partial charge in [0.15, 0.2) is 5.82 Å². The molecule has 1 aliphatic heterocycles. The summed E-state index contributed by atoms with van der Waals surface area (Å²) in [5.74, 6) is 1.95. The quantitative estimate of drug-likeness (QED) is 0.212. The van der Waals surface area contributed by atoms with Gasteiger partial charge < -0.3 is 10.1 Å². The van der Waals surface area contributed by atoms with E-state index in [1.807, 2.05) is 60.0 Å². The molecule has 1 amide bonds. The molecule has 3 heterocycles. The number of amides is 1. The van der Waals surface area contributed by atoms with E-state index < -0.39 is 6.04 Å². The molecule has 0 radical (unpaired) electrons. The van der Waals surface area contributed by atoms with Crippen LogP contribution in [-0.2, 0) is 11.2 Å². The second-order valence-electron chi connectivity index (χ2n) is 9.53. The van der Waals surface area contributed by atoms with E-state index in [9.17, 15) is 4.79 Å². The van der Waals surface area contributed by atoms with Crippen molar-refractivity contribution in [3.05, 3.63) is 104 Å². The zero-order chi connectivity index (χ0) is 27.8.